The minimum Gasteiger partial charge on any atom is -0.382 e. The summed E-state index contributed by atoms with van der Waals surface area (Å²) < 4.78 is 15.5. The van der Waals surface area contributed by atoms with Gasteiger partial charge in [0.25, 0.3) is 0 Å². The summed E-state index contributed by atoms with van der Waals surface area (Å²) in [7, 11) is 1.67. The molecule has 0 amide bonds. The van der Waals surface area contributed by atoms with Gasteiger partial charge in [-0.2, -0.15) is 0 Å². The van der Waals surface area contributed by atoms with Gasteiger partial charge in [0.1, 0.15) is 0 Å². The molecule has 1 N–H and O–H groups in total. The molecule has 4 nitrogen and oxygen atoms in total. The van der Waals surface area contributed by atoms with Crippen molar-refractivity contribution >= 4 is 15.9 Å². The smallest absolute Gasteiger partial charge is 0.0701 e. The highest BCUT2D eigenvalue weighted by Gasteiger charge is 1.91. The lowest BCUT2D eigenvalue weighted by Crippen LogP contribution is -2.21. The van der Waals surface area contributed by atoms with E-state index in [0.29, 0.717) is 26.4 Å². The van der Waals surface area contributed by atoms with Crippen LogP contribution >= 0.6 is 15.9 Å². The first kappa shape index (κ1) is 16.3. The molecule has 0 aliphatic rings. The van der Waals surface area contributed by atoms with Gasteiger partial charge in [0.15, 0.2) is 0 Å². The molecule has 16 heavy (non-hydrogen) atoms. The molecule has 0 aliphatic heterocycles. The summed E-state index contributed by atoms with van der Waals surface area (Å²) in [6.45, 7) is 5.33. The molecule has 0 aromatic rings. The molecule has 0 radical (unpaired) electrons. The maximum Gasteiger partial charge on any atom is 0.0701 e. The van der Waals surface area contributed by atoms with Crippen molar-refractivity contribution in [2.75, 3.05) is 58.6 Å². The summed E-state index contributed by atoms with van der Waals surface area (Å²) in [4.78, 5) is 0. The van der Waals surface area contributed by atoms with Gasteiger partial charge >= 0.3 is 0 Å². The van der Waals surface area contributed by atoms with Crippen LogP contribution in [0.4, 0.5) is 0 Å². The molecule has 0 rings (SSSR count). The van der Waals surface area contributed by atoms with Crippen LogP contribution in [0, 0.1) is 0 Å². The molecular weight excluding hydrogens is 274 g/mol. The Kier molecular flexibility index (Phi) is 15.6. The molecule has 0 atom stereocenters. The predicted octanol–water partition coefficient (Wildman–Crippen LogP) is 1.43. The third-order valence-electron chi connectivity index (χ3n) is 1.96. The van der Waals surface area contributed by atoms with E-state index in [9.17, 15) is 0 Å². The maximum atomic E-state index is 5.38. The molecule has 98 valence electrons. The van der Waals surface area contributed by atoms with Crippen LogP contribution < -0.4 is 5.32 Å². The first-order valence-corrected chi connectivity index (χ1v) is 6.95. The summed E-state index contributed by atoms with van der Waals surface area (Å²) in [5, 5.41) is 4.41. The minimum atomic E-state index is 0.644. The maximum absolute atomic E-state index is 5.38. The Hall–Kier alpha value is 0.320. The highest BCUT2D eigenvalue weighted by Crippen LogP contribution is 1.91. The Bertz CT molecular complexity index is 114. The zero-order chi connectivity index (χ0) is 11.9. The van der Waals surface area contributed by atoms with E-state index in [1.807, 2.05) is 0 Å². The van der Waals surface area contributed by atoms with Crippen LogP contribution in [0.15, 0.2) is 0 Å². The number of methoxy groups -OCH3 is 1. The van der Waals surface area contributed by atoms with Gasteiger partial charge < -0.3 is 19.5 Å². The number of halogens is 1. The van der Waals surface area contributed by atoms with Gasteiger partial charge in [0.2, 0.25) is 0 Å². The van der Waals surface area contributed by atoms with Gasteiger partial charge in [-0.1, -0.05) is 15.9 Å². The van der Waals surface area contributed by atoms with Crippen molar-refractivity contribution in [1.82, 2.24) is 5.32 Å². The van der Waals surface area contributed by atoms with Gasteiger partial charge in [0.05, 0.1) is 33.0 Å². The van der Waals surface area contributed by atoms with Crippen molar-refractivity contribution in [2.24, 2.45) is 0 Å². The molecule has 0 aromatic carbocycles. The van der Waals surface area contributed by atoms with Crippen molar-refractivity contribution < 1.29 is 14.2 Å². The van der Waals surface area contributed by atoms with Crippen molar-refractivity contribution in [3.63, 3.8) is 0 Å². The molecule has 0 aromatic heterocycles. The fraction of sp³-hybridized carbons (Fsp3) is 1.00. The first-order chi connectivity index (χ1) is 7.91. The third kappa shape index (κ3) is 14.3. The highest BCUT2D eigenvalue weighted by molar-refractivity contribution is 9.09. The Morgan fingerprint density at radius 2 is 1.56 bits per heavy atom. The van der Waals surface area contributed by atoms with Crippen LogP contribution in [-0.2, 0) is 14.2 Å². The van der Waals surface area contributed by atoms with E-state index in [1.165, 1.54) is 12.8 Å². The number of rotatable bonds is 13. The van der Waals surface area contributed by atoms with Crippen molar-refractivity contribution in [3.05, 3.63) is 0 Å². The molecule has 0 unspecified atom stereocenters. The molecule has 0 saturated heterocycles. The van der Waals surface area contributed by atoms with E-state index in [2.05, 4.69) is 21.2 Å². The lowest BCUT2D eigenvalue weighted by atomic mass is 10.3. The van der Waals surface area contributed by atoms with Crippen LogP contribution in [-0.4, -0.2) is 58.6 Å². The minimum absolute atomic E-state index is 0.644. The number of unbranched alkanes of at least 4 members (excludes halogenated alkanes) is 1. The second kappa shape index (κ2) is 15.3. The zero-order valence-corrected chi connectivity index (χ0v) is 11.8. The number of ether oxygens (including phenoxy) is 3. The zero-order valence-electron chi connectivity index (χ0n) is 10.2. The van der Waals surface area contributed by atoms with Crippen LogP contribution in [0.1, 0.15) is 12.8 Å². The van der Waals surface area contributed by atoms with Crippen LogP contribution in [0.3, 0.4) is 0 Å². The average Bonchev–Trinajstić information content (AvgIpc) is 2.31. The van der Waals surface area contributed by atoms with Gasteiger partial charge in [0, 0.05) is 19.0 Å². The van der Waals surface area contributed by atoms with Gasteiger partial charge in [-0.3, -0.25) is 0 Å². The molecule has 0 heterocycles. The molecule has 0 aliphatic carbocycles. The second-order valence-corrected chi connectivity index (χ2v) is 4.16. The Morgan fingerprint density at radius 1 is 0.875 bits per heavy atom. The molecule has 0 bridgehead atoms. The van der Waals surface area contributed by atoms with Crippen molar-refractivity contribution in [1.29, 1.82) is 0 Å². The van der Waals surface area contributed by atoms with Crippen LogP contribution in [0.5, 0.6) is 0 Å². The Balaban J connectivity index is 2.83. The quantitative estimate of drug-likeness (QED) is 0.412. The Labute approximate surface area is 107 Å². The van der Waals surface area contributed by atoms with E-state index < -0.39 is 0 Å². The molecule has 0 spiro atoms. The molecule has 0 fully saturated rings. The van der Waals surface area contributed by atoms with E-state index in [1.54, 1.807) is 7.11 Å². The van der Waals surface area contributed by atoms with Gasteiger partial charge in [-0.25, -0.2) is 0 Å². The third-order valence-corrected chi connectivity index (χ3v) is 2.52. The number of hydrogen-bond donors (Lipinski definition) is 1. The second-order valence-electron chi connectivity index (χ2n) is 3.36. The first-order valence-electron chi connectivity index (χ1n) is 5.83. The fourth-order valence-corrected chi connectivity index (χ4v) is 1.47. The predicted molar refractivity (Wildman–Crippen MR) is 69.4 cm³/mol. The van der Waals surface area contributed by atoms with E-state index >= 15 is 0 Å². The number of nitrogens with one attached hydrogen (secondary N) is 1. The van der Waals surface area contributed by atoms with Gasteiger partial charge in [-0.05, 0) is 19.4 Å². The SMILES string of the molecule is COCCOCCOCCNCCCCBr. The van der Waals surface area contributed by atoms with Crippen molar-refractivity contribution in [3.8, 4) is 0 Å². The molecule has 0 saturated carbocycles. The number of alkyl halides is 1. The topological polar surface area (TPSA) is 39.7 Å². The highest BCUT2D eigenvalue weighted by atomic mass is 79.9. The Morgan fingerprint density at radius 3 is 2.25 bits per heavy atom. The molecule has 5 heteroatoms. The summed E-state index contributed by atoms with van der Waals surface area (Å²) in [6, 6.07) is 0. The number of hydrogen-bond acceptors (Lipinski definition) is 4. The monoisotopic (exact) mass is 297 g/mol. The fourth-order valence-electron chi connectivity index (χ4n) is 1.08. The van der Waals surface area contributed by atoms with E-state index in [-0.39, 0.29) is 0 Å². The summed E-state index contributed by atoms with van der Waals surface area (Å²) >= 11 is 3.40. The normalized spacial score (nSPS) is 10.9. The van der Waals surface area contributed by atoms with E-state index in [0.717, 1.165) is 25.0 Å². The average molecular weight is 298 g/mol. The molecular formula is C11H24BrNO3. The lowest BCUT2D eigenvalue weighted by Gasteiger charge is -2.06. The lowest BCUT2D eigenvalue weighted by molar-refractivity contribution is 0.0256. The van der Waals surface area contributed by atoms with Crippen LogP contribution in [0.2, 0.25) is 0 Å². The summed E-state index contributed by atoms with van der Waals surface area (Å²) in [5.74, 6) is 0. The van der Waals surface area contributed by atoms with Gasteiger partial charge in [-0.15, -0.1) is 0 Å². The largest absolute Gasteiger partial charge is 0.382 e. The summed E-state index contributed by atoms with van der Waals surface area (Å²) in [5.41, 5.74) is 0. The van der Waals surface area contributed by atoms with E-state index in [4.69, 9.17) is 14.2 Å². The summed E-state index contributed by atoms with van der Waals surface area (Å²) in [6.07, 6.45) is 2.44. The standard InChI is InChI=1S/C11H24BrNO3/c1-14-8-9-16-11-10-15-7-6-13-5-3-2-4-12/h13H,2-11H2,1H3. The van der Waals surface area contributed by atoms with Crippen LogP contribution in [0.25, 0.3) is 0 Å². The van der Waals surface area contributed by atoms with Crippen molar-refractivity contribution in [2.45, 2.75) is 12.8 Å².